The number of fused-ring (bicyclic) bond motifs is 1. The van der Waals surface area contributed by atoms with Crippen molar-refractivity contribution >= 4 is 45.6 Å². The number of hydrogen-bond acceptors (Lipinski definition) is 7. The van der Waals surface area contributed by atoms with E-state index in [4.69, 9.17) is 4.52 Å². The van der Waals surface area contributed by atoms with Crippen molar-refractivity contribution < 1.29 is 12.9 Å². The highest BCUT2D eigenvalue weighted by atomic mass is 127. The Morgan fingerprint density at radius 2 is 2.00 bits per heavy atom. The van der Waals surface area contributed by atoms with Crippen LogP contribution in [0.5, 0.6) is 0 Å². The highest BCUT2D eigenvalue weighted by molar-refractivity contribution is 14.0. The second-order valence-corrected chi connectivity index (χ2v) is 9.22. The Bertz CT molecular complexity index is 1120. The van der Waals surface area contributed by atoms with E-state index < -0.39 is 10.0 Å². The minimum Gasteiger partial charge on any atom is -0.364 e. The van der Waals surface area contributed by atoms with Crippen molar-refractivity contribution in [1.29, 1.82) is 0 Å². The van der Waals surface area contributed by atoms with Gasteiger partial charge in [-0.15, -0.1) is 34.2 Å². The first kappa shape index (κ1) is 24.4. The maximum absolute atomic E-state index is 12.6. The summed E-state index contributed by atoms with van der Waals surface area (Å²) in [6.45, 7) is 2.71. The molecule has 1 saturated heterocycles. The molecule has 4 heterocycles. The second-order valence-electron chi connectivity index (χ2n) is 7.26. The minimum atomic E-state index is -3.42. The zero-order valence-electron chi connectivity index (χ0n) is 17.8. The summed E-state index contributed by atoms with van der Waals surface area (Å²) in [6.07, 6.45) is 5.02. The monoisotopic (exact) mass is 574 g/mol. The third-order valence-corrected chi connectivity index (χ3v) is 7.02. The van der Waals surface area contributed by atoms with Crippen molar-refractivity contribution in [1.82, 2.24) is 34.3 Å². The van der Waals surface area contributed by atoms with Crippen LogP contribution >= 0.6 is 24.0 Å². The van der Waals surface area contributed by atoms with Crippen LogP contribution in [0.25, 0.3) is 5.65 Å². The number of guanidine groups is 1. The normalized spacial score (nSPS) is 15.7. The Balaban J connectivity index is 0.00000289. The zero-order valence-corrected chi connectivity index (χ0v) is 20.9. The lowest BCUT2D eigenvalue weighted by Gasteiger charge is -2.35. The number of nitrogens with zero attached hydrogens (tertiary/aromatic N) is 7. The Morgan fingerprint density at radius 1 is 1.19 bits per heavy atom. The molecule has 0 aliphatic carbocycles. The molecule has 1 aliphatic rings. The number of pyridine rings is 1. The average molecular weight is 574 g/mol. The van der Waals surface area contributed by atoms with Crippen molar-refractivity contribution in [2.75, 3.05) is 39.8 Å². The van der Waals surface area contributed by atoms with E-state index >= 15 is 0 Å². The van der Waals surface area contributed by atoms with Crippen molar-refractivity contribution in [2.24, 2.45) is 4.99 Å². The first-order valence-corrected chi connectivity index (χ1v) is 11.8. The maximum atomic E-state index is 12.6. The lowest BCUT2D eigenvalue weighted by atomic mass is 10.3. The van der Waals surface area contributed by atoms with Gasteiger partial charge >= 0.3 is 0 Å². The Hall–Kier alpha value is -2.26. The van der Waals surface area contributed by atoms with E-state index in [1.54, 1.807) is 13.1 Å². The summed E-state index contributed by atoms with van der Waals surface area (Å²) >= 11 is 0. The van der Waals surface area contributed by atoms with Crippen molar-refractivity contribution in [3.63, 3.8) is 0 Å². The number of aromatic nitrogens is 4. The number of piperazine rings is 1. The molecule has 1 N–H and O–H groups in total. The van der Waals surface area contributed by atoms with Gasteiger partial charge in [0.15, 0.2) is 11.6 Å². The van der Waals surface area contributed by atoms with Crippen LogP contribution in [0.3, 0.4) is 0 Å². The molecule has 4 rings (SSSR count). The van der Waals surface area contributed by atoms with Gasteiger partial charge < -0.3 is 14.7 Å². The van der Waals surface area contributed by atoms with Crippen LogP contribution in [-0.4, -0.2) is 83.1 Å². The number of rotatable bonds is 7. The van der Waals surface area contributed by atoms with Crippen molar-refractivity contribution in [3.8, 4) is 0 Å². The van der Waals surface area contributed by atoms with E-state index in [0.717, 1.165) is 36.8 Å². The highest BCUT2D eigenvalue weighted by Crippen LogP contribution is 2.13. The summed E-state index contributed by atoms with van der Waals surface area (Å²) in [4.78, 5) is 6.43. The van der Waals surface area contributed by atoms with Gasteiger partial charge in [0, 0.05) is 58.5 Å². The number of halogens is 1. The number of aryl methyl sites for hydroxylation is 1. The number of hydrogen-bond donors (Lipinski definition) is 1. The summed E-state index contributed by atoms with van der Waals surface area (Å²) in [5, 5.41) is 15.5. The lowest BCUT2D eigenvalue weighted by Crippen LogP contribution is -2.54. The predicted molar refractivity (Wildman–Crippen MR) is 130 cm³/mol. The SMILES string of the molecule is CN=C(NCCCc1nnc2ccccn12)N1CCN(S(=O)(=O)Cc2ccon2)CC1.I. The molecule has 0 bridgehead atoms. The van der Waals surface area contributed by atoms with E-state index in [1.807, 2.05) is 28.8 Å². The molecule has 0 spiro atoms. The van der Waals surface area contributed by atoms with E-state index in [-0.39, 0.29) is 29.7 Å². The van der Waals surface area contributed by atoms with Crippen LogP contribution in [0.15, 0.2) is 46.2 Å². The Kier molecular flexibility index (Phi) is 8.42. The van der Waals surface area contributed by atoms with Gasteiger partial charge in [0.2, 0.25) is 10.0 Å². The largest absolute Gasteiger partial charge is 0.364 e. The molecule has 1 aliphatic heterocycles. The fraction of sp³-hybridized carbons (Fsp3) is 0.474. The molecule has 0 unspecified atom stereocenters. The first-order valence-electron chi connectivity index (χ1n) is 10.2. The number of nitrogens with one attached hydrogen (secondary N) is 1. The van der Waals surface area contributed by atoms with Gasteiger partial charge in [-0.1, -0.05) is 11.2 Å². The van der Waals surface area contributed by atoms with Crippen LogP contribution < -0.4 is 5.32 Å². The van der Waals surface area contributed by atoms with Gasteiger partial charge in [-0.05, 0) is 18.6 Å². The van der Waals surface area contributed by atoms with Gasteiger partial charge in [0.1, 0.15) is 17.8 Å². The molecule has 1 fully saturated rings. The fourth-order valence-electron chi connectivity index (χ4n) is 3.61. The van der Waals surface area contributed by atoms with Crippen LogP contribution in [-0.2, 0) is 22.2 Å². The summed E-state index contributed by atoms with van der Waals surface area (Å²) in [6, 6.07) is 7.41. The average Bonchev–Trinajstić information content (AvgIpc) is 3.44. The minimum absolute atomic E-state index is 0. The number of sulfonamides is 1. The molecule has 3 aromatic rings. The van der Waals surface area contributed by atoms with Crippen LogP contribution in [0, 0.1) is 0 Å². The predicted octanol–water partition coefficient (Wildman–Crippen LogP) is 0.991. The van der Waals surface area contributed by atoms with E-state index in [0.29, 0.717) is 31.9 Å². The van der Waals surface area contributed by atoms with E-state index in [1.165, 1.54) is 10.6 Å². The molecule has 32 heavy (non-hydrogen) atoms. The lowest BCUT2D eigenvalue weighted by molar-refractivity contribution is 0.260. The quantitative estimate of drug-likeness (QED) is 0.192. The van der Waals surface area contributed by atoms with Crippen LogP contribution in [0.4, 0.5) is 0 Å². The summed E-state index contributed by atoms with van der Waals surface area (Å²) in [5.41, 5.74) is 1.26. The molecule has 0 atom stereocenters. The molecule has 0 radical (unpaired) electrons. The molecule has 3 aromatic heterocycles. The first-order chi connectivity index (χ1) is 15.1. The highest BCUT2D eigenvalue weighted by Gasteiger charge is 2.28. The van der Waals surface area contributed by atoms with Crippen LogP contribution in [0.2, 0.25) is 0 Å². The second kappa shape index (κ2) is 11.0. The van der Waals surface area contributed by atoms with Crippen LogP contribution in [0.1, 0.15) is 17.9 Å². The summed E-state index contributed by atoms with van der Waals surface area (Å²) in [7, 11) is -1.68. The van der Waals surface area contributed by atoms with Crippen molar-refractivity contribution in [2.45, 2.75) is 18.6 Å². The molecule has 0 saturated carbocycles. The van der Waals surface area contributed by atoms with Gasteiger partial charge in [-0.3, -0.25) is 9.39 Å². The zero-order chi connectivity index (χ0) is 21.7. The maximum Gasteiger partial charge on any atom is 0.220 e. The van der Waals surface area contributed by atoms with Gasteiger partial charge in [0.05, 0.1) is 5.69 Å². The number of aliphatic imine (C=N–C) groups is 1. The molecule has 11 nitrogen and oxygen atoms in total. The summed E-state index contributed by atoms with van der Waals surface area (Å²) in [5.74, 6) is 1.56. The topological polar surface area (TPSA) is 121 Å². The fourth-order valence-corrected chi connectivity index (χ4v) is 5.03. The van der Waals surface area contributed by atoms with E-state index in [2.05, 4.69) is 30.6 Å². The molecule has 174 valence electrons. The molecule has 0 aromatic carbocycles. The van der Waals surface area contributed by atoms with Gasteiger partial charge in [0.25, 0.3) is 0 Å². The molecule has 13 heteroatoms. The molecular formula is C19H27IN8O3S. The smallest absolute Gasteiger partial charge is 0.220 e. The standard InChI is InChI=1S/C19H26N8O3S.HI/c1-20-19(21-8-4-6-18-23-22-17-5-2-3-9-27(17)18)25-10-12-26(13-11-25)31(28,29)15-16-7-14-30-24-16;/h2-3,5,7,9,14H,4,6,8,10-13,15H2,1H3,(H,20,21);1H. The third kappa shape index (κ3) is 5.75. The van der Waals surface area contributed by atoms with Gasteiger partial charge in [-0.2, -0.15) is 4.31 Å². The molecular weight excluding hydrogens is 547 g/mol. The summed E-state index contributed by atoms with van der Waals surface area (Å²) < 4.78 is 33.4. The Morgan fingerprint density at radius 3 is 2.72 bits per heavy atom. The van der Waals surface area contributed by atoms with Crippen molar-refractivity contribution in [3.05, 3.63) is 48.2 Å². The third-order valence-electron chi connectivity index (χ3n) is 5.21. The Labute approximate surface area is 203 Å². The van der Waals surface area contributed by atoms with E-state index in [9.17, 15) is 8.42 Å². The molecule has 0 amide bonds. The van der Waals surface area contributed by atoms with Gasteiger partial charge in [-0.25, -0.2) is 8.42 Å².